The lowest BCUT2D eigenvalue weighted by Crippen LogP contribution is -2.37. The van der Waals surface area contributed by atoms with Gasteiger partial charge in [-0.05, 0) is 29.8 Å². The minimum atomic E-state index is -0.334. The third kappa shape index (κ3) is 3.37. The van der Waals surface area contributed by atoms with E-state index >= 15 is 0 Å². The molecule has 0 bridgehead atoms. The zero-order chi connectivity index (χ0) is 15.4. The van der Waals surface area contributed by atoms with Crippen LogP contribution in [0.3, 0.4) is 0 Å². The summed E-state index contributed by atoms with van der Waals surface area (Å²) >= 11 is 5.04. The Morgan fingerprint density at radius 1 is 1.14 bits per heavy atom. The summed E-state index contributed by atoms with van der Waals surface area (Å²) in [4.78, 5) is 12.0. The molecule has 0 atom stereocenters. The van der Waals surface area contributed by atoms with Gasteiger partial charge in [-0.25, -0.2) is 0 Å². The minimum absolute atomic E-state index is 0.122. The van der Waals surface area contributed by atoms with Gasteiger partial charge in [-0.2, -0.15) is 0 Å². The van der Waals surface area contributed by atoms with E-state index in [0.717, 1.165) is 5.56 Å². The van der Waals surface area contributed by atoms with E-state index in [1.54, 1.807) is 18.4 Å². The second-order valence-corrected chi connectivity index (χ2v) is 5.04. The van der Waals surface area contributed by atoms with Crippen molar-refractivity contribution in [1.29, 1.82) is 0 Å². The van der Waals surface area contributed by atoms with E-state index in [4.69, 9.17) is 26.1 Å². The predicted octanol–water partition coefficient (Wildman–Crippen LogP) is 1.74. The number of carbonyl (C=O) groups is 1. The third-order valence-electron chi connectivity index (χ3n) is 3.10. The highest BCUT2D eigenvalue weighted by Crippen LogP contribution is 2.32. The van der Waals surface area contributed by atoms with Crippen LogP contribution in [0.1, 0.15) is 11.3 Å². The molecule has 2 aromatic rings. The fourth-order valence-electron chi connectivity index (χ4n) is 1.97. The second-order valence-electron chi connectivity index (χ2n) is 4.63. The highest BCUT2D eigenvalue weighted by Gasteiger charge is 2.14. The number of ether oxygens (including phenoxy) is 2. The van der Waals surface area contributed by atoms with Gasteiger partial charge < -0.3 is 24.5 Å². The largest absolute Gasteiger partial charge is 0.467 e. The van der Waals surface area contributed by atoms with Crippen LogP contribution in [-0.4, -0.2) is 17.7 Å². The Bertz CT molecular complexity index is 685. The first-order chi connectivity index (χ1) is 10.7. The van der Waals surface area contributed by atoms with Gasteiger partial charge in [-0.15, -0.1) is 0 Å². The van der Waals surface area contributed by atoms with Crippen molar-refractivity contribution in [3.8, 4) is 11.5 Å². The second kappa shape index (κ2) is 6.48. The number of rotatable bonds is 4. The Hall–Kier alpha value is -2.54. The number of thiocarbonyl (C=S) groups is 1. The predicted molar refractivity (Wildman–Crippen MR) is 82.6 cm³/mol. The molecule has 0 aliphatic carbocycles. The molecule has 6 nitrogen and oxygen atoms in total. The van der Waals surface area contributed by atoms with Gasteiger partial charge in [0.1, 0.15) is 5.76 Å². The Kier molecular flexibility index (Phi) is 4.24. The van der Waals surface area contributed by atoms with E-state index in [1.807, 2.05) is 18.2 Å². The molecule has 22 heavy (non-hydrogen) atoms. The van der Waals surface area contributed by atoms with Crippen LogP contribution in [0, 0.1) is 0 Å². The van der Waals surface area contributed by atoms with Gasteiger partial charge in [-0.1, -0.05) is 18.3 Å². The standard InChI is InChI=1S/C15H14N2O4S/c18-14(15(22)17-8-11-2-1-5-19-11)16-7-10-3-4-12-13(6-10)21-9-20-12/h1-6H,7-9H2,(H,16,18)(H,17,22). The van der Waals surface area contributed by atoms with Crippen molar-refractivity contribution < 1.29 is 18.7 Å². The van der Waals surface area contributed by atoms with Gasteiger partial charge >= 0.3 is 0 Å². The number of benzene rings is 1. The van der Waals surface area contributed by atoms with Crippen molar-refractivity contribution in [2.24, 2.45) is 0 Å². The molecule has 1 aliphatic heterocycles. The molecule has 0 saturated heterocycles. The van der Waals surface area contributed by atoms with Crippen LogP contribution in [0.15, 0.2) is 41.0 Å². The summed E-state index contributed by atoms with van der Waals surface area (Å²) in [7, 11) is 0. The molecule has 7 heteroatoms. The van der Waals surface area contributed by atoms with E-state index < -0.39 is 0 Å². The molecule has 0 fully saturated rings. The molecule has 2 heterocycles. The van der Waals surface area contributed by atoms with Crippen LogP contribution in [0.5, 0.6) is 11.5 Å². The number of carbonyl (C=O) groups excluding carboxylic acids is 1. The smallest absolute Gasteiger partial charge is 0.278 e. The Morgan fingerprint density at radius 2 is 2.00 bits per heavy atom. The molecule has 0 radical (unpaired) electrons. The fourth-order valence-corrected chi connectivity index (χ4v) is 2.12. The van der Waals surface area contributed by atoms with Gasteiger partial charge in [0.05, 0.1) is 12.8 Å². The first-order valence-electron chi connectivity index (χ1n) is 6.69. The molecule has 0 spiro atoms. The zero-order valence-corrected chi connectivity index (χ0v) is 12.4. The van der Waals surface area contributed by atoms with E-state index in [-0.39, 0.29) is 17.7 Å². The maximum Gasteiger partial charge on any atom is 0.278 e. The maximum atomic E-state index is 11.9. The third-order valence-corrected chi connectivity index (χ3v) is 3.43. The maximum absolute atomic E-state index is 11.9. The Balaban J connectivity index is 1.48. The van der Waals surface area contributed by atoms with Crippen LogP contribution in [0.25, 0.3) is 0 Å². The van der Waals surface area contributed by atoms with Crippen LogP contribution in [0.2, 0.25) is 0 Å². The highest BCUT2D eigenvalue weighted by molar-refractivity contribution is 7.82. The number of hydrogen-bond acceptors (Lipinski definition) is 5. The van der Waals surface area contributed by atoms with Gasteiger partial charge in [0.15, 0.2) is 16.5 Å². The normalized spacial score (nSPS) is 12.0. The molecule has 114 valence electrons. The van der Waals surface area contributed by atoms with Crippen LogP contribution >= 0.6 is 12.2 Å². The Labute approximate surface area is 132 Å². The van der Waals surface area contributed by atoms with E-state index in [0.29, 0.717) is 30.3 Å². The topological polar surface area (TPSA) is 72.7 Å². The number of nitrogens with one attached hydrogen (secondary N) is 2. The summed E-state index contributed by atoms with van der Waals surface area (Å²) in [5, 5.41) is 5.59. The SMILES string of the molecule is O=C(NCc1ccc2c(c1)OCO2)C(=S)NCc1ccco1. The number of amides is 1. The summed E-state index contributed by atoms with van der Waals surface area (Å²) in [6.07, 6.45) is 1.57. The molecule has 3 rings (SSSR count). The van der Waals surface area contributed by atoms with Crippen molar-refractivity contribution in [3.63, 3.8) is 0 Å². The van der Waals surface area contributed by atoms with E-state index in [9.17, 15) is 4.79 Å². The molecule has 1 aromatic carbocycles. The molecule has 0 unspecified atom stereocenters. The molecular formula is C15H14N2O4S. The summed E-state index contributed by atoms with van der Waals surface area (Å²) in [5.74, 6) is 1.78. The van der Waals surface area contributed by atoms with Crippen LogP contribution in [-0.2, 0) is 17.9 Å². The van der Waals surface area contributed by atoms with E-state index in [2.05, 4.69) is 10.6 Å². The summed E-state index contributed by atoms with van der Waals surface area (Å²) in [6, 6.07) is 9.10. The Morgan fingerprint density at radius 3 is 2.82 bits per heavy atom. The van der Waals surface area contributed by atoms with Crippen molar-refractivity contribution in [3.05, 3.63) is 47.9 Å². The van der Waals surface area contributed by atoms with Gasteiger partial charge in [0.25, 0.3) is 5.91 Å². The summed E-state index contributed by atoms with van der Waals surface area (Å²) in [5.41, 5.74) is 0.909. The highest BCUT2D eigenvalue weighted by atomic mass is 32.1. The van der Waals surface area contributed by atoms with Crippen molar-refractivity contribution in [2.75, 3.05) is 6.79 Å². The van der Waals surface area contributed by atoms with Crippen LogP contribution in [0.4, 0.5) is 0 Å². The monoisotopic (exact) mass is 318 g/mol. The zero-order valence-electron chi connectivity index (χ0n) is 11.6. The fraction of sp³-hybridized carbons (Fsp3) is 0.200. The van der Waals surface area contributed by atoms with Gasteiger partial charge in [0, 0.05) is 6.54 Å². The first kappa shape index (κ1) is 14.4. The lowest BCUT2D eigenvalue weighted by Gasteiger charge is -2.08. The minimum Gasteiger partial charge on any atom is -0.467 e. The van der Waals surface area contributed by atoms with Crippen LogP contribution < -0.4 is 20.1 Å². The van der Waals surface area contributed by atoms with Gasteiger partial charge in [-0.3, -0.25) is 4.79 Å². The first-order valence-corrected chi connectivity index (χ1v) is 7.10. The number of fused-ring (bicyclic) bond motifs is 1. The average molecular weight is 318 g/mol. The number of furan rings is 1. The van der Waals surface area contributed by atoms with Gasteiger partial charge in [0.2, 0.25) is 6.79 Å². The van der Waals surface area contributed by atoms with Crippen molar-refractivity contribution in [1.82, 2.24) is 10.6 Å². The average Bonchev–Trinajstić information content (AvgIpc) is 3.20. The summed E-state index contributed by atoms with van der Waals surface area (Å²) < 4.78 is 15.7. The summed E-state index contributed by atoms with van der Waals surface area (Å²) in [6.45, 7) is 0.966. The molecular weight excluding hydrogens is 304 g/mol. The quantitative estimate of drug-likeness (QED) is 0.837. The molecule has 1 aromatic heterocycles. The molecule has 0 saturated carbocycles. The van der Waals surface area contributed by atoms with Crippen molar-refractivity contribution >= 4 is 23.1 Å². The lowest BCUT2D eigenvalue weighted by atomic mass is 10.2. The lowest BCUT2D eigenvalue weighted by molar-refractivity contribution is -0.115. The van der Waals surface area contributed by atoms with Crippen molar-refractivity contribution in [2.45, 2.75) is 13.1 Å². The molecule has 1 aliphatic rings. The van der Waals surface area contributed by atoms with E-state index in [1.165, 1.54) is 0 Å². The molecule has 1 amide bonds. The molecule has 2 N–H and O–H groups in total. The number of hydrogen-bond donors (Lipinski definition) is 2.